The summed E-state index contributed by atoms with van der Waals surface area (Å²) in [6.07, 6.45) is 0. The van der Waals surface area contributed by atoms with Crippen molar-refractivity contribution >= 4 is 29.3 Å². The molecule has 0 aliphatic carbocycles. The van der Waals surface area contributed by atoms with Gasteiger partial charge in [0.1, 0.15) is 13.1 Å². The molecule has 29 heavy (non-hydrogen) atoms. The summed E-state index contributed by atoms with van der Waals surface area (Å²) in [4.78, 5) is 27.6. The van der Waals surface area contributed by atoms with Crippen molar-refractivity contribution in [2.45, 2.75) is 23.6 Å². The van der Waals surface area contributed by atoms with Gasteiger partial charge >= 0.3 is 0 Å². The van der Waals surface area contributed by atoms with Crippen LogP contribution in [0.5, 0.6) is 0 Å². The Hall–Kier alpha value is -2.35. The molecule has 0 spiro atoms. The van der Waals surface area contributed by atoms with Crippen LogP contribution in [-0.4, -0.2) is 51.2 Å². The van der Waals surface area contributed by atoms with E-state index < -0.39 is 0 Å². The zero-order chi connectivity index (χ0) is 20.6. The van der Waals surface area contributed by atoms with E-state index in [0.717, 1.165) is 42.6 Å². The Kier molecular flexibility index (Phi) is 7.69. The minimum atomic E-state index is -0.163. The molecule has 0 radical (unpaired) electrons. The molecule has 7 heteroatoms. The molecule has 154 valence electrons. The van der Waals surface area contributed by atoms with Gasteiger partial charge in [-0.2, -0.15) is 0 Å². The lowest BCUT2D eigenvalue weighted by atomic mass is 10.2. The van der Waals surface area contributed by atoms with E-state index in [9.17, 15) is 9.59 Å². The van der Waals surface area contributed by atoms with E-state index >= 15 is 0 Å². The molecule has 2 aromatic carbocycles. The first kappa shape index (κ1) is 21.4. The van der Waals surface area contributed by atoms with Crippen molar-refractivity contribution in [1.29, 1.82) is 0 Å². The maximum Gasteiger partial charge on any atom is 0.251 e. The smallest absolute Gasteiger partial charge is 0.251 e. The molecule has 0 atom stereocenters. The summed E-state index contributed by atoms with van der Waals surface area (Å²) in [6.45, 7) is 8.54. The van der Waals surface area contributed by atoms with Gasteiger partial charge in [0.05, 0.1) is 32.0 Å². The Morgan fingerprint density at radius 1 is 1.10 bits per heavy atom. The number of quaternary nitrogens is 1. The number of carbonyl (C=O) groups excluding carboxylic acids is 2. The van der Waals surface area contributed by atoms with Crippen LogP contribution < -0.4 is 15.5 Å². The molecular weight excluding hydrogens is 386 g/mol. The molecule has 1 heterocycles. The third-order valence-corrected chi connectivity index (χ3v) is 5.85. The number of benzene rings is 2. The lowest BCUT2D eigenvalue weighted by Crippen LogP contribution is -3.14. The fourth-order valence-electron chi connectivity index (χ4n) is 3.15. The van der Waals surface area contributed by atoms with Gasteiger partial charge in [0.15, 0.2) is 0 Å². The van der Waals surface area contributed by atoms with Gasteiger partial charge < -0.3 is 20.3 Å². The van der Waals surface area contributed by atoms with Gasteiger partial charge in [0.25, 0.3) is 5.91 Å². The number of hydrogen-bond donors (Lipinski definition) is 3. The highest BCUT2D eigenvalue weighted by molar-refractivity contribution is 7.99. The summed E-state index contributed by atoms with van der Waals surface area (Å²) in [5.74, 6) is -0.291. The maximum atomic E-state index is 12.6. The van der Waals surface area contributed by atoms with Crippen molar-refractivity contribution in [3.05, 3.63) is 53.6 Å². The molecule has 0 bridgehead atoms. The normalized spacial score (nSPS) is 14.4. The summed E-state index contributed by atoms with van der Waals surface area (Å²) < 4.78 is 5.36. The van der Waals surface area contributed by atoms with Crippen LogP contribution in [0.25, 0.3) is 0 Å². The fraction of sp³-hybridized carbons (Fsp3) is 0.364. The number of anilines is 1. The number of rotatable bonds is 7. The zero-order valence-corrected chi connectivity index (χ0v) is 17.7. The first-order valence-corrected chi connectivity index (χ1v) is 10.7. The van der Waals surface area contributed by atoms with Crippen LogP contribution in [0, 0.1) is 6.92 Å². The third-order valence-electron chi connectivity index (χ3n) is 4.77. The molecule has 0 saturated carbocycles. The monoisotopic (exact) mass is 414 g/mol. The summed E-state index contributed by atoms with van der Waals surface area (Å²) in [5.41, 5.74) is 2.39. The third kappa shape index (κ3) is 6.59. The lowest BCUT2D eigenvalue weighted by Gasteiger charge is -2.23. The second-order valence-corrected chi connectivity index (χ2v) is 8.29. The summed E-state index contributed by atoms with van der Waals surface area (Å²) in [5, 5.41) is 5.83. The number of hydrogen-bond acceptors (Lipinski definition) is 4. The Bertz CT molecular complexity index is 849. The molecule has 3 N–H and O–H groups in total. The van der Waals surface area contributed by atoms with E-state index in [2.05, 4.69) is 22.8 Å². The van der Waals surface area contributed by atoms with E-state index in [1.54, 1.807) is 23.9 Å². The molecule has 3 rings (SSSR count). The highest BCUT2D eigenvalue weighted by Crippen LogP contribution is 2.34. The minimum Gasteiger partial charge on any atom is -0.370 e. The van der Waals surface area contributed by atoms with Crippen LogP contribution in [0.15, 0.2) is 52.3 Å². The lowest BCUT2D eigenvalue weighted by molar-refractivity contribution is -0.906. The number of amides is 2. The number of nitrogens with one attached hydrogen (secondary N) is 3. The van der Waals surface area contributed by atoms with Gasteiger partial charge in [0.2, 0.25) is 5.91 Å². The highest BCUT2D eigenvalue weighted by Gasteiger charge is 2.15. The minimum absolute atomic E-state index is 0.129. The van der Waals surface area contributed by atoms with E-state index in [-0.39, 0.29) is 11.8 Å². The molecule has 0 aromatic heterocycles. The Balaban J connectivity index is 1.66. The van der Waals surface area contributed by atoms with Gasteiger partial charge in [-0.1, -0.05) is 29.5 Å². The summed E-state index contributed by atoms with van der Waals surface area (Å²) >= 11 is 1.56. The van der Waals surface area contributed by atoms with Crippen LogP contribution in [0.4, 0.5) is 5.69 Å². The average molecular weight is 415 g/mol. The van der Waals surface area contributed by atoms with E-state index in [0.29, 0.717) is 17.8 Å². The van der Waals surface area contributed by atoms with E-state index in [4.69, 9.17) is 4.74 Å². The zero-order valence-electron chi connectivity index (χ0n) is 16.9. The molecule has 2 amide bonds. The topological polar surface area (TPSA) is 71.9 Å². The Morgan fingerprint density at radius 2 is 1.83 bits per heavy atom. The number of ether oxygens (including phenoxy) is 1. The second kappa shape index (κ2) is 10.4. The second-order valence-electron chi connectivity index (χ2n) is 7.18. The van der Waals surface area contributed by atoms with Crippen LogP contribution in [0.2, 0.25) is 0 Å². The number of aryl methyl sites for hydroxylation is 1. The van der Waals surface area contributed by atoms with Crippen molar-refractivity contribution in [1.82, 2.24) is 5.32 Å². The molecule has 6 nitrogen and oxygen atoms in total. The number of morpholine rings is 1. The van der Waals surface area contributed by atoms with Crippen LogP contribution in [0.3, 0.4) is 0 Å². The predicted octanol–water partition coefficient (Wildman–Crippen LogP) is 1.75. The molecule has 2 aromatic rings. The van der Waals surface area contributed by atoms with Crippen molar-refractivity contribution < 1.29 is 19.2 Å². The summed E-state index contributed by atoms with van der Waals surface area (Å²) in [6, 6.07) is 13.6. The van der Waals surface area contributed by atoms with E-state index in [1.165, 1.54) is 17.4 Å². The number of carbonyl (C=O) groups is 2. The highest BCUT2D eigenvalue weighted by atomic mass is 32.2. The van der Waals surface area contributed by atoms with Gasteiger partial charge in [-0.3, -0.25) is 9.59 Å². The largest absolute Gasteiger partial charge is 0.370 e. The van der Waals surface area contributed by atoms with Gasteiger partial charge in [-0.15, -0.1) is 0 Å². The van der Waals surface area contributed by atoms with Crippen molar-refractivity contribution in [2.24, 2.45) is 0 Å². The van der Waals surface area contributed by atoms with Gasteiger partial charge in [0, 0.05) is 22.3 Å². The van der Waals surface area contributed by atoms with Crippen molar-refractivity contribution in [3.63, 3.8) is 0 Å². The van der Waals surface area contributed by atoms with Gasteiger partial charge in [-0.05, 0) is 37.3 Å². The molecule has 1 aliphatic rings. The average Bonchev–Trinajstić information content (AvgIpc) is 2.71. The Morgan fingerprint density at radius 3 is 2.52 bits per heavy atom. The quantitative estimate of drug-likeness (QED) is 0.646. The van der Waals surface area contributed by atoms with Gasteiger partial charge in [-0.25, -0.2) is 0 Å². The van der Waals surface area contributed by atoms with Crippen LogP contribution in [-0.2, 0) is 9.53 Å². The summed E-state index contributed by atoms with van der Waals surface area (Å²) in [7, 11) is 0. The van der Waals surface area contributed by atoms with E-state index in [1.807, 2.05) is 25.1 Å². The molecule has 1 fully saturated rings. The molecule has 1 aliphatic heterocycles. The first-order valence-electron chi connectivity index (χ1n) is 9.87. The predicted molar refractivity (Wildman–Crippen MR) is 115 cm³/mol. The molecule has 0 unspecified atom stereocenters. The molecule has 1 saturated heterocycles. The van der Waals surface area contributed by atoms with Crippen molar-refractivity contribution in [2.75, 3.05) is 44.7 Å². The molecular formula is C22H28N3O3S+. The first-order chi connectivity index (χ1) is 14.0. The Labute approximate surface area is 176 Å². The van der Waals surface area contributed by atoms with Crippen LogP contribution in [0.1, 0.15) is 22.8 Å². The maximum absolute atomic E-state index is 12.6. The standard InChI is InChI=1S/C22H27N3O3S/c1-16-3-6-19(7-4-16)29-21-8-5-18(15-20(21)24-17(2)26)22(27)23-9-10-25-11-13-28-14-12-25/h3-8,15H,9-14H2,1-2H3,(H,23,27)(H,24,26)/p+1. The SMILES string of the molecule is CC(=O)Nc1cc(C(=O)NCC[NH+]2CCOCC2)ccc1Sc1ccc(C)cc1. The fourth-order valence-corrected chi connectivity index (χ4v) is 4.03. The van der Waals surface area contributed by atoms with Crippen LogP contribution >= 0.6 is 11.8 Å². The van der Waals surface area contributed by atoms with Crippen molar-refractivity contribution in [3.8, 4) is 0 Å².